The van der Waals surface area contributed by atoms with Crippen molar-refractivity contribution in [3.8, 4) is 0 Å². The minimum Gasteiger partial charge on any atom is -0.469 e. The van der Waals surface area contributed by atoms with Crippen LogP contribution in [-0.2, 0) is 15.7 Å². The second-order valence-electron chi connectivity index (χ2n) is 4.93. The van der Waals surface area contributed by atoms with Gasteiger partial charge in [0, 0.05) is 6.04 Å². The van der Waals surface area contributed by atoms with Gasteiger partial charge in [-0.1, -0.05) is 17.7 Å². The number of hydrogen-bond acceptors (Lipinski definition) is 3. The summed E-state index contributed by atoms with van der Waals surface area (Å²) in [4.78, 5) is 11.6. The minimum atomic E-state index is -4.58. The number of hydrogen-bond donors (Lipinski definition) is 1. The molecule has 0 bridgehead atoms. The minimum absolute atomic E-state index is 0. The quantitative estimate of drug-likeness (QED) is 0.843. The first kappa shape index (κ1) is 20.0. The maximum Gasteiger partial charge on any atom is 0.417 e. The van der Waals surface area contributed by atoms with Gasteiger partial charge in [0.05, 0.1) is 23.1 Å². The summed E-state index contributed by atoms with van der Waals surface area (Å²) in [7, 11) is 1.19. The van der Waals surface area contributed by atoms with Gasteiger partial charge in [0.2, 0.25) is 0 Å². The van der Waals surface area contributed by atoms with E-state index in [2.05, 4.69) is 4.74 Å². The number of carbonyl (C=O) groups excluding carboxylic acids is 1. The van der Waals surface area contributed by atoms with Crippen LogP contribution in [0.15, 0.2) is 18.2 Å². The fraction of sp³-hybridized carbons (Fsp3) is 0.462. The molecule has 1 rings (SSSR count). The van der Waals surface area contributed by atoms with E-state index in [-0.39, 0.29) is 18.0 Å². The standard InChI is InChI=1S/C13H15ClF3NO2.ClH/c1-12(2,11(19)20-3)10(18)7-4-5-9(14)8(6-7)13(15,16)17;/h4-6,10H,18H2,1-3H3;1H/t10-;/m0./s1. The van der Waals surface area contributed by atoms with Crippen molar-refractivity contribution in [1.29, 1.82) is 0 Å². The van der Waals surface area contributed by atoms with Crippen LogP contribution in [0.25, 0.3) is 0 Å². The molecule has 3 nitrogen and oxygen atoms in total. The molecule has 120 valence electrons. The molecule has 1 aromatic carbocycles. The van der Waals surface area contributed by atoms with E-state index < -0.39 is 34.2 Å². The Balaban J connectivity index is 0.00000400. The SMILES string of the molecule is COC(=O)C(C)(C)[C@@H](N)c1ccc(Cl)c(C(F)(F)F)c1.Cl. The number of esters is 1. The van der Waals surface area contributed by atoms with E-state index in [1.165, 1.54) is 27.0 Å². The van der Waals surface area contributed by atoms with E-state index in [1.807, 2.05) is 0 Å². The van der Waals surface area contributed by atoms with E-state index in [4.69, 9.17) is 17.3 Å². The molecule has 0 fully saturated rings. The third-order valence-corrected chi connectivity index (χ3v) is 3.47. The van der Waals surface area contributed by atoms with Crippen molar-refractivity contribution >= 4 is 30.0 Å². The van der Waals surface area contributed by atoms with Crippen molar-refractivity contribution in [2.45, 2.75) is 26.1 Å². The predicted molar refractivity (Wildman–Crippen MR) is 76.4 cm³/mol. The number of halogens is 5. The van der Waals surface area contributed by atoms with E-state index in [1.54, 1.807) is 0 Å². The van der Waals surface area contributed by atoms with Gasteiger partial charge in [0.15, 0.2) is 0 Å². The largest absolute Gasteiger partial charge is 0.469 e. The molecule has 0 saturated heterocycles. The zero-order chi connectivity index (χ0) is 15.7. The molecule has 21 heavy (non-hydrogen) atoms. The van der Waals surface area contributed by atoms with Gasteiger partial charge in [-0.3, -0.25) is 4.79 Å². The Labute approximate surface area is 132 Å². The van der Waals surface area contributed by atoms with Gasteiger partial charge in [-0.15, -0.1) is 12.4 Å². The van der Waals surface area contributed by atoms with Crippen LogP contribution < -0.4 is 5.73 Å². The maximum atomic E-state index is 12.8. The Morgan fingerprint density at radius 2 is 1.86 bits per heavy atom. The summed E-state index contributed by atoms with van der Waals surface area (Å²) >= 11 is 5.54. The first-order chi connectivity index (χ1) is 9.01. The Kier molecular flexibility index (Phi) is 6.53. The highest BCUT2D eigenvalue weighted by molar-refractivity contribution is 6.31. The topological polar surface area (TPSA) is 52.3 Å². The van der Waals surface area contributed by atoms with E-state index in [0.29, 0.717) is 0 Å². The molecule has 8 heteroatoms. The van der Waals surface area contributed by atoms with E-state index in [9.17, 15) is 18.0 Å². The van der Waals surface area contributed by atoms with Crippen LogP contribution in [-0.4, -0.2) is 13.1 Å². The molecule has 0 aliphatic heterocycles. The molecule has 0 heterocycles. The van der Waals surface area contributed by atoms with Gasteiger partial charge in [-0.2, -0.15) is 13.2 Å². The highest BCUT2D eigenvalue weighted by Gasteiger charge is 2.39. The molecule has 0 aliphatic rings. The van der Waals surface area contributed by atoms with Gasteiger partial charge >= 0.3 is 12.1 Å². The molecule has 1 atom stereocenters. The molecule has 0 aromatic heterocycles. The number of methoxy groups -OCH3 is 1. The lowest BCUT2D eigenvalue weighted by molar-refractivity contribution is -0.152. The highest BCUT2D eigenvalue weighted by Crippen LogP contribution is 2.39. The fourth-order valence-corrected chi connectivity index (χ4v) is 1.98. The van der Waals surface area contributed by atoms with Crippen LogP contribution in [0.2, 0.25) is 5.02 Å². The van der Waals surface area contributed by atoms with Crippen LogP contribution in [0.5, 0.6) is 0 Å². The maximum absolute atomic E-state index is 12.8. The Hall–Kier alpha value is -0.980. The van der Waals surface area contributed by atoms with Gasteiger partial charge in [0.1, 0.15) is 0 Å². The zero-order valence-electron chi connectivity index (χ0n) is 11.6. The van der Waals surface area contributed by atoms with E-state index in [0.717, 1.165) is 12.1 Å². The van der Waals surface area contributed by atoms with Crippen molar-refractivity contribution < 1.29 is 22.7 Å². The third kappa shape index (κ3) is 4.25. The number of nitrogens with two attached hydrogens (primary N) is 1. The lowest BCUT2D eigenvalue weighted by Gasteiger charge is -2.29. The second kappa shape index (κ2) is 6.85. The van der Waals surface area contributed by atoms with Crippen molar-refractivity contribution in [2.24, 2.45) is 11.1 Å². The molecule has 0 amide bonds. The molecule has 0 aliphatic carbocycles. The number of rotatable bonds is 3. The Morgan fingerprint density at radius 1 is 1.33 bits per heavy atom. The zero-order valence-corrected chi connectivity index (χ0v) is 13.2. The number of ether oxygens (including phenoxy) is 1. The Bertz CT molecular complexity index is 519. The van der Waals surface area contributed by atoms with Crippen LogP contribution in [0, 0.1) is 5.41 Å². The first-order valence-corrected chi connectivity index (χ1v) is 6.10. The molecular weight excluding hydrogens is 330 g/mol. The summed E-state index contributed by atoms with van der Waals surface area (Å²) in [6.45, 7) is 3.01. The summed E-state index contributed by atoms with van der Waals surface area (Å²) in [6, 6.07) is 2.39. The molecule has 0 spiro atoms. The number of carbonyl (C=O) groups is 1. The van der Waals surface area contributed by atoms with Crippen LogP contribution in [0.4, 0.5) is 13.2 Å². The molecule has 2 N–H and O–H groups in total. The van der Waals surface area contributed by atoms with Crippen molar-refractivity contribution in [2.75, 3.05) is 7.11 Å². The number of benzene rings is 1. The predicted octanol–water partition coefficient (Wildman–Crippen LogP) is 3.98. The van der Waals surface area contributed by atoms with Gasteiger partial charge in [-0.05, 0) is 31.5 Å². The van der Waals surface area contributed by atoms with Crippen molar-refractivity contribution in [1.82, 2.24) is 0 Å². The monoisotopic (exact) mass is 345 g/mol. The molecule has 0 radical (unpaired) electrons. The van der Waals surface area contributed by atoms with Crippen LogP contribution in [0.1, 0.15) is 31.0 Å². The van der Waals surface area contributed by atoms with Gasteiger partial charge in [0.25, 0.3) is 0 Å². The summed E-state index contributed by atoms with van der Waals surface area (Å²) in [5, 5.41) is -0.413. The Morgan fingerprint density at radius 3 is 2.29 bits per heavy atom. The molecule has 0 unspecified atom stereocenters. The molecule has 0 saturated carbocycles. The summed E-state index contributed by atoms with van der Waals surface area (Å²) in [5.41, 5.74) is 3.92. The smallest absolute Gasteiger partial charge is 0.417 e. The first-order valence-electron chi connectivity index (χ1n) is 5.72. The lowest BCUT2D eigenvalue weighted by atomic mass is 9.80. The third-order valence-electron chi connectivity index (χ3n) is 3.14. The van der Waals surface area contributed by atoms with Gasteiger partial charge in [-0.25, -0.2) is 0 Å². The molecule has 1 aromatic rings. The van der Waals surface area contributed by atoms with Crippen molar-refractivity contribution in [3.63, 3.8) is 0 Å². The second-order valence-corrected chi connectivity index (χ2v) is 5.34. The lowest BCUT2D eigenvalue weighted by Crippen LogP contribution is -2.37. The summed E-state index contributed by atoms with van der Waals surface area (Å²) < 4.78 is 43.0. The van der Waals surface area contributed by atoms with Crippen LogP contribution >= 0.6 is 24.0 Å². The number of alkyl halides is 3. The molecular formula is C13H16Cl2F3NO2. The average molecular weight is 346 g/mol. The highest BCUT2D eigenvalue weighted by atomic mass is 35.5. The summed E-state index contributed by atoms with van der Waals surface area (Å²) in [5.74, 6) is -0.603. The normalized spacial score (nSPS) is 13.3. The fourth-order valence-electron chi connectivity index (χ4n) is 1.76. The van der Waals surface area contributed by atoms with Gasteiger partial charge < -0.3 is 10.5 Å². The van der Waals surface area contributed by atoms with Crippen molar-refractivity contribution in [3.05, 3.63) is 34.3 Å². The van der Waals surface area contributed by atoms with E-state index >= 15 is 0 Å². The van der Waals surface area contributed by atoms with Crippen LogP contribution in [0.3, 0.4) is 0 Å². The summed E-state index contributed by atoms with van der Waals surface area (Å²) in [6.07, 6.45) is -4.58. The average Bonchev–Trinajstić information content (AvgIpc) is 2.35.